The highest BCUT2D eigenvalue weighted by molar-refractivity contribution is 7.18. The normalized spacial score (nSPS) is 16.0. The minimum absolute atomic E-state index is 0.322. The van der Waals surface area contributed by atoms with Crippen molar-refractivity contribution in [2.45, 2.75) is 44.9 Å². The summed E-state index contributed by atoms with van der Waals surface area (Å²) in [5, 5.41) is 25.1. The summed E-state index contributed by atoms with van der Waals surface area (Å²) < 4.78 is 0. The van der Waals surface area contributed by atoms with Crippen molar-refractivity contribution in [3.8, 4) is 10.4 Å². The number of aliphatic carboxylic acids is 1. The topological polar surface area (TPSA) is 108 Å². The Labute approximate surface area is 179 Å². The lowest BCUT2D eigenvalue weighted by Crippen LogP contribution is -2.25. The molecule has 9 heteroatoms. The number of anilines is 1. The smallest absolute Gasteiger partial charge is 0.307 e. The third-order valence-electron chi connectivity index (χ3n) is 5.66. The van der Waals surface area contributed by atoms with Gasteiger partial charge in [-0.05, 0) is 36.8 Å². The van der Waals surface area contributed by atoms with Crippen LogP contribution in [0.15, 0.2) is 30.5 Å². The van der Waals surface area contributed by atoms with Gasteiger partial charge in [-0.1, -0.05) is 54.2 Å². The number of rotatable bonds is 9. The monoisotopic (exact) mass is 426 g/mol. The molecule has 1 saturated heterocycles. The highest BCUT2D eigenvalue weighted by Gasteiger charge is 2.32. The summed E-state index contributed by atoms with van der Waals surface area (Å²) in [6, 6.07) is 8.28. The zero-order chi connectivity index (χ0) is 20.9. The van der Waals surface area contributed by atoms with Gasteiger partial charge in [-0.3, -0.25) is 4.79 Å². The molecule has 1 aromatic carbocycles. The molecule has 30 heavy (non-hydrogen) atoms. The molecule has 0 saturated carbocycles. The summed E-state index contributed by atoms with van der Waals surface area (Å²) in [6.07, 6.45) is 6.33. The summed E-state index contributed by atoms with van der Waals surface area (Å²) >= 11 is 1.72. The van der Waals surface area contributed by atoms with Gasteiger partial charge in [0.1, 0.15) is 0 Å². The summed E-state index contributed by atoms with van der Waals surface area (Å²) in [6.45, 7) is 4.17. The fraction of sp³-hybridized carbons (Fsp3) is 0.476. The molecule has 0 aliphatic carbocycles. The van der Waals surface area contributed by atoms with Gasteiger partial charge in [-0.2, -0.15) is 5.21 Å². The Bertz CT molecular complexity index is 950. The van der Waals surface area contributed by atoms with Crippen molar-refractivity contribution in [3.05, 3.63) is 41.9 Å². The van der Waals surface area contributed by atoms with Crippen LogP contribution in [0.1, 0.15) is 49.9 Å². The van der Waals surface area contributed by atoms with Gasteiger partial charge in [0.05, 0.1) is 10.8 Å². The maximum atomic E-state index is 11.9. The Balaban J connectivity index is 1.51. The summed E-state index contributed by atoms with van der Waals surface area (Å²) in [4.78, 5) is 20.0. The van der Waals surface area contributed by atoms with Crippen LogP contribution in [0.2, 0.25) is 0 Å². The molecule has 3 aromatic rings. The fourth-order valence-electron chi connectivity index (χ4n) is 4.06. The number of nitrogens with one attached hydrogen (secondary N) is 1. The number of benzene rings is 1. The van der Waals surface area contributed by atoms with Crippen LogP contribution in [-0.4, -0.2) is 49.8 Å². The molecule has 8 nitrogen and oxygen atoms in total. The lowest BCUT2D eigenvalue weighted by Gasteiger charge is -2.21. The van der Waals surface area contributed by atoms with E-state index < -0.39 is 11.9 Å². The summed E-state index contributed by atoms with van der Waals surface area (Å²) in [5.41, 5.74) is 2.18. The Kier molecular flexibility index (Phi) is 6.37. The van der Waals surface area contributed by atoms with Gasteiger partial charge in [-0.15, -0.1) is 10.2 Å². The molecule has 4 rings (SSSR count). The predicted molar refractivity (Wildman–Crippen MR) is 116 cm³/mol. The van der Waals surface area contributed by atoms with Crippen molar-refractivity contribution < 1.29 is 9.90 Å². The van der Waals surface area contributed by atoms with Gasteiger partial charge >= 0.3 is 5.97 Å². The molecule has 0 spiro atoms. The number of H-pyrrole nitrogens is 1. The van der Waals surface area contributed by atoms with Crippen molar-refractivity contribution in [2.75, 3.05) is 18.0 Å². The van der Waals surface area contributed by atoms with Crippen LogP contribution in [0.25, 0.3) is 10.4 Å². The Morgan fingerprint density at radius 1 is 1.27 bits per heavy atom. The predicted octanol–water partition coefficient (Wildman–Crippen LogP) is 3.75. The first kappa shape index (κ1) is 20.5. The SMILES string of the molecule is CCC[C@H](C(=O)O)[C@H](Cc1ccc(-c2cnc(N3CCCC3)s2)cc1)c1nn[nH]n1. The molecule has 0 bridgehead atoms. The van der Waals surface area contributed by atoms with Gasteiger partial charge in [0.25, 0.3) is 0 Å². The van der Waals surface area contributed by atoms with Crippen molar-refractivity contribution in [3.63, 3.8) is 0 Å². The first-order valence-corrected chi connectivity index (χ1v) is 11.2. The molecule has 1 aliphatic rings. The lowest BCUT2D eigenvalue weighted by atomic mass is 9.83. The Morgan fingerprint density at radius 2 is 2.03 bits per heavy atom. The van der Waals surface area contributed by atoms with E-state index in [9.17, 15) is 9.90 Å². The van der Waals surface area contributed by atoms with Crippen molar-refractivity contribution in [1.82, 2.24) is 25.6 Å². The van der Waals surface area contributed by atoms with Crippen LogP contribution in [-0.2, 0) is 11.2 Å². The van der Waals surface area contributed by atoms with E-state index >= 15 is 0 Å². The number of aromatic nitrogens is 5. The Morgan fingerprint density at radius 3 is 2.67 bits per heavy atom. The maximum absolute atomic E-state index is 11.9. The number of tetrazole rings is 1. The van der Waals surface area contributed by atoms with Gasteiger partial charge in [-0.25, -0.2) is 4.98 Å². The van der Waals surface area contributed by atoms with Gasteiger partial charge in [0.2, 0.25) is 0 Å². The molecule has 3 heterocycles. The molecule has 158 valence electrons. The average Bonchev–Trinajstić information content (AvgIpc) is 3.52. The van der Waals surface area contributed by atoms with Crippen LogP contribution in [0.3, 0.4) is 0 Å². The van der Waals surface area contributed by atoms with E-state index in [1.54, 1.807) is 11.3 Å². The number of carboxylic acids is 1. The van der Waals surface area contributed by atoms with Crippen molar-refractivity contribution in [2.24, 2.45) is 5.92 Å². The van der Waals surface area contributed by atoms with Gasteiger partial charge in [0.15, 0.2) is 11.0 Å². The van der Waals surface area contributed by atoms with E-state index in [0.717, 1.165) is 40.6 Å². The van der Waals surface area contributed by atoms with Crippen LogP contribution in [0.4, 0.5) is 5.13 Å². The number of hydrogen-bond donors (Lipinski definition) is 2. The number of carboxylic acid groups (broad SMARTS) is 1. The number of hydrogen-bond acceptors (Lipinski definition) is 7. The third-order valence-corrected chi connectivity index (χ3v) is 6.77. The van der Waals surface area contributed by atoms with Crippen LogP contribution < -0.4 is 4.90 Å². The van der Waals surface area contributed by atoms with Crippen molar-refractivity contribution in [1.29, 1.82) is 0 Å². The Hall–Kier alpha value is -2.81. The standard InChI is InChI=1S/C21H26N6O2S/c1-2-5-16(20(28)29)17(19-23-25-26-24-19)12-14-6-8-15(9-7-14)18-13-22-21(30-18)27-10-3-4-11-27/h6-9,13,16-17H,2-5,10-12H2,1H3,(H,28,29)(H,23,24,25,26)/t16-,17-/m0/s1. The molecular formula is C21H26N6O2S. The average molecular weight is 427 g/mol. The van der Waals surface area contributed by atoms with E-state index in [0.29, 0.717) is 18.7 Å². The fourth-order valence-corrected chi connectivity index (χ4v) is 5.03. The largest absolute Gasteiger partial charge is 0.481 e. The maximum Gasteiger partial charge on any atom is 0.307 e. The van der Waals surface area contributed by atoms with E-state index in [4.69, 9.17) is 0 Å². The van der Waals surface area contributed by atoms with Gasteiger partial charge in [0, 0.05) is 25.2 Å². The molecule has 2 atom stereocenters. The second-order valence-corrected chi connectivity index (χ2v) is 8.72. The minimum atomic E-state index is -0.817. The first-order valence-electron chi connectivity index (χ1n) is 10.4. The first-order chi connectivity index (χ1) is 14.7. The van der Waals surface area contributed by atoms with Crippen LogP contribution >= 0.6 is 11.3 Å². The van der Waals surface area contributed by atoms with E-state index in [1.165, 1.54) is 12.8 Å². The van der Waals surface area contributed by atoms with E-state index in [-0.39, 0.29) is 5.92 Å². The molecule has 0 unspecified atom stereocenters. The molecule has 0 radical (unpaired) electrons. The number of thiazole rings is 1. The van der Waals surface area contributed by atoms with E-state index in [2.05, 4.69) is 54.8 Å². The zero-order valence-corrected chi connectivity index (χ0v) is 17.8. The molecule has 1 fully saturated rings. The quantitative estimate of drug-likeness (QED) is 0.536. The van der Waals surface area contributed by atoms with E-state index in [1.807, 2.05) is 13.1 Å². The second kappa shape index (κ2) is 9.34. The van der Waals surface area contributed by atoms with Crippen molar-refractivity contribution >= 4 is 22.4 Å². The van der Waals surface area contributed by atoms with Crippen LogP contribution in [0.5, 0.6) is 0 Å². The number of carbonyl (C=O) groups is 1. The summed E-state index contributed by atoms with van der Waals surface area (Å²) in [7, 11) is 0. The second-order valence-electron chi connectivity index (χ2n) is 7.71. The number of nitrogens with zero attached hydrogens (tertiary/aromatic N) is 5. The zero-order valence-electron chi connectivity index (χ0n) is 17.0. The minimum Gasteiger partial charge on any atom is -0.481 e. The molecular weight excluding hydrogens is 400 g/mol. The lowest BCUT2D eigenvalue weighted by molar-refractivity contribution is -0.142. The van der Waals surface area contributed by atoms with Gasteiger partial charge < -0.3 is 10.0 Å². The highest BCUT2D eigenvalue weighted by Crippen LogP contribution is 2.34. The third kappa shape index (κ3) is 4.51. The molecule has 0 amide bonds. The van der Waals surface area contributed by atoms with Crippen LogP contribution in [0, 0.1) is 5.92 Å². The number of aromatic amines is 1. The summed E-state index contributed by atoms with van der Waals surface area (Å²) in [5.74, 6) is -1.23. The molecule has 2 aromatic heterocycles. The highest BCUT2D eigenvalue weighted by atomic mass is 32.1. The molecule has 1 aliphatic heterocycles. The molecule has 2 N–H and O–H groups in total.